The van der Waals surface area contributed by atoms with Gasteiger partial charge in [-0.1, -0.05) is 13.3 Å². The molecule has 0 fully saturated rings. The van der Waals surface area contributed by atoms with Gasteiger partial charge in [0.05, 0.1) is 0 Å². The van der Waals surface area contributed by atoms with Crippen molar-refractivity contribution in [3.05, 3.63) is 11.8 Å². The van der Waals surface area contributed by atoms with Crippen LogP contribution in [0, 0.1) is 0 Å². The Bertz CT molecular complexity index is 150. The van der Waals surface area contributed by atoms with Crippen molar-refractivity contribution in [2.24, 2.45) is 0 Å². The first kappa shape index (κ1) is 10.2. The Morgan fingerprint density at radius 1 is 1.45 bits per heavy atom. The van der Waals surface area contributed by atoms with E-state index in [-0.39, 0.29) is 5.78 Å². The lowest BCUT2D eigenvalue weighted by molar-refractivity contribution is -0.113. The van der Waals surface area contributed by atoms with Gasteiger partial charge in [0.2, 0.25) is 0 Å². The van der Waals surface area contributed by atoms with Crippen LogP contribution in [0.3, 0.4) is 0 Å². The van der Waals surface area contributed by atoms with Crippen molar-refractivity contribution in [1.29, 1.82) is 0 Å². The topological polar surface area (TPSA) is 29.1 Å². The van der Waals surface area contributed by atoms with Crippen molar-refractivity contribution in [2.45, 2.75) is 33.6 Å². The largest absolute Gasteiger partial charge is 0.391 e. The Morgan fingerprint density at radius 3 is 2.55 bits per heavy atom. The Hall–Kier alpha value is -0.790. The molecular formula is C9H17NO. The molecule has 0 aromatic carbocycles. The molecule has 0 aliphatic rings. The number of allylic oxidation sites excluding steroid dienone is 1. The van der Waals surface area contributed by atoms with Gasteiger partial charge >= 0.3 is 0 Å². The summed E-state index contributed by atoms with van der Waals surface area (Å²) in [6.45, 7) is 6.50. The van der Waals surface area contributed by atoms with E-state index in [4.69, 9.17) is 0 Å². The summed E-state index contributed by atoms with van der Waals surface area (Å²) in [5, 5.41) is 3.08. The van der Waals surface area contributed by atoms with E-state index in [2.05, 4.69) is 12.2 Å². The number of hydrogen-bond donors (Lipinski definition) is 1. The first-order chi connectivity index (χ1) is 5.18. The quantitative estimate of drug-likeness (QED) is 0.485. The summed E-state index contributed by atoms with van der Waals surface area (Å²) >= 11 is 0. The van der Waals surface area contributed by atoms with Gasteiger partial charge in [-0.25, -0.2) is 0 Å². The second kappa shape index (κ2) is 5.96. The number of nitrogens with one attached hydrogen (secondary N) is 1. The molecule has 0 amide bonds. The second-order valence-electron chi connectivity index (χ2n) is 2.69. The summed E-state index contributed by atoms with van der Waals surface area (Å²) in [5.74, 6) is 0.133. The van der Waals surface area contributed by atoms with E-state index < -0.39 is 0 Å². The number of hydrogen-bond acceptors (Lipinski definition) is 2. The van der Waals surface area contributed by atoms with Gasteiger partial charge in [-0.3, -0.25) is 4.79 Å². The van der Waals surface area contributed by atoms with Gasteiger partial charge < -0.3 is 5.32 Å². The minimum atomic E-state index is 0.133. The van der Waals surface area contributed by atoms with Crippen molar-refractivity contribution in [3.63, 3.8) is 0 Å². The summed E-state index contributed by atoms with van der Waals surface area (Å²) in [4.78, 5) is 10.7. The van der Waals surface area contributed by atoms with Crippen LogP contribution in [0.5, 0.6) is 0 Å². The van der Waals surface area contributed by atoms with Gasteiger partial charge in [0.15, 0.2) is 5.78 Å². The number of ketones is 1. The van der Waals surface area contributed by atoms with Crippen molar-refractivity contribution in [3.8, 4) is 0 Å². The maximum Gasteiger partial charge on any atom is 0.156 e. The van der Waals surface area contributed by atoms with Crippen LogP contribution in [0.1, 0.15) is 33.6 Å². The van der Waals surface area contributed by atoms with E-state index in [1.165, 1.54) is 6.42 Å². The van der Waals surface area contributed by atoms with Gasteiger partial charge in [-0.05, 0) is 20.3 Å². The Morgan fingerprint density at radius 2 is 2.09 bits per heavy atom. The van der Waals surface area contributed by atoms with Crippen LogP contribution in [0.4, 0.5) is 0 Å². The average Bonchev–Trinajstić information content (AvgIpc) is 1.97. The fraction of sp³-hybridized carbons (Fsp3) is 0.667. The second-order valence-corrected chi connectivity index (χ2v) is 2.69. The predicted molar refractivity (Wildman–Crippen MR) is 47.3 cm³/mol. The van der Waals surface area contributed by atoms with Gasteiger partial charge in [-0.2, -0.15) is 0 Å². The Kier molecular flexibility index (Phi) is 5.53. The summed E-state index contributed by atoms with van der Waals surface area (Å²) in [6, 6.07) is 0. The van der Waals surface area contributed by atoms with E-state index >= 15 is 0 Å². The zero-order valence-electron chi connectivity index (χ0n) is 7.61. The highest BCUT2D eigenvalue weighted by atomic mass is 16.1. The first-order valence-electron chi connectivity index (χ1n) is 4.09. The summed E-state index contributed by atoms with van der Waals surface area (Å²) in [5.41, 5.74) is 0.793. The predicted octanol–water partition coefficient (Wildman–Crippen LogP) is 1.87. The fourth-order valence-electron chi connectivity index (χ4n) is 0.606. The number of rotatable bonds is 5. The molecule has 64 valence electrons. The van der Waals surface area contributed by atoms with Crippen molar-refractivity contribution < 1.29 is 4.79 Å². The average molecular weight is 155 g/mol. The standard InChI is InChI=1S/C9H17NO/c1-4-5-6-10-7-8(2)9(3)11/h7,10H,4-6H2,1-3H3/b8-7-. The van der Waals surface area contributed by atoms with Gasteiger partial charge in [-0.15, -0.1) is 0 Å². The molecule has 0 aromatic heterocycles. The molecule has 11 heavy (non-hydrogen) atoms. The summed E-state index contributed by atoms with van der Waals surface area (Å²) in [6.07, 6.45) is 4.12. The fourth-order valence-corrected chi connectivity index (χ4v) is 0.606. The van der Waals surface area contributed by atoms with Crippen LogP contribution in [0.15, 0.2) is 11.8 Å². The van der Waals surface area contributed by atoms with Crippen molar-refractivity contribution in [2.75, 3.05) is 6.54 Å². The molecule has 0 aliphatic carbocycles. The summed E-state index contributed by atoms with van der Waals surface area (Å²) < 4.78 is 0. The highest BCUT2D eigenvalue weighted by Gasteiger charge is 1.92. The SMILES string of the molecule is CCCCN/C=C(/C)C(C)=O. The molecule has 0 aromatic rings. The minimum Gasteiger partial charge on any atom is -0.391 e. The lowest BCUT2D eigenvalue weighted by atomic mass is 10.2. The number of carbonyl (C=O) groups excluding carboxylic acids is 1. The third-order valence-corrected chi connectivity index (χ3v) is 1.55. The van der Waals surface area contributed by atoms with E-state index in [0.29, 0.717) is 0 Å². The van der Waals surface area contributed by atoms with Gasteiger partial charge in [0.25, 0.3) is 0 Å². The molecule has 2 heteroatoms. The highest BCUT2D eigenvalue weighted by Crippen LogP contribution is 1.91. The van der Waals surface area contributed by atoms with Gasteiger partial charge in [0, 0.05) is 18.3 Å². The smallest absolute Gasteiger partial charge is 0.156 e. The van der Waals surface area contributed by atoms with Crippen LogP contribution >= 0.6 is 0 Å². The van der Waals surface area contributed by atoms with Gasteiger partial charge in [0.1, 0.15) is 0 Å². The van der Waals surface area contributed by atoms with E-state index in [0.717, 1.165) is 18.5 Å². The lowest BCUT2D eigenvalue weighted by Crippen LogP contribution is -2.08. The van der Waals surface area contributed by atoms with E-state index in [1.807, 2.05) is 6.92 Å². The molecule has 0 unspecified atom stereocenters. The third-order valence-electron chi connectivity index (χ3n) is 1.55. The van der Waals surface area contributed by atoms with E-state index in [9.17, 15) is 4.79 Å². The maximum absolute atomic E-state index is 10.7. The minimum absolute atomic E-state index is 0.133. The van der Waals surface area contributed by atoms with Crippen LogP contribution < -0.4 is 5.32 Å². The molecule has 0 aliphatic heterocycles. The van der Waals surface area contributed by atoms with E-state index in [1.54, 1.807) is 13.1 Å². The molecule has 0 spiro atoms. The van der Waals surface area contributed by atoms with Crippen LogP contribution in [0.25, 0.3) is 0 Å². The van der Waals surface area contributed by atoms with Crippen molar-refractivity contribution >= 4 is 5.78 Å². The highest BCUT2D eigenvalue weighted by molar-refractivity contribution is 5.92. The normalized spacial score (nSPS) is 11.4. The number of Topliss-reactive ketones (excluding diaryl/α,β-unsaturated/α-hetero) is 1. The molecule has 1 N–H and O–H groups in total. The maximum atomic E-state index is 10.7. The zero-order valence-corrected chi connectivity index (χ0v) is 7.61. The number of unbranched alkanes of at least 4 members (excludes halogenated alkanes) is 1. The zero-order chi connectivity index (χ0) is 8.69. The molecular weight excluding hydrogens is 138 g/mol. The molecule has 0 saturated heterocycles. The van der Waals surface area contributed by atoms with Crippen LogP contribution in [0.2, 0.25) is 0 Å². The Balaban J connectivity index is 3.48. The molecule has 0 rings (SSSR count). The Labute approximate surface area is 68.7 Å². The van der Waals surface area contributed by atoms with Crippen molar-refractivity contribution in [1.82, 2.24) is 5.32 Å². The molecule has 2 nitrogen and oxygen atoms in total. The lowest BCUT2D eigenvalue weighted by Gasteiger charge is -1.99. The van der Waals surface area contributed by atoms with Crippen LogP contribution in [-0.2, 0) is 4.79 Å². The monoisotopic (exact) mass is 155 g/mol. The van der Waals surface area contributed by atoms with Crippen LogP contribution in [-0.4, -0.2) is 12.3 Å². The number of carbonyl (C=O) groups is 1. The first-order valence-corrected chi connectivity index (χ1v) is 4.09. The third kappa shape index (κ3) is 5.64. The molecule has 0 heterocycles. The molecule has 0 bridgehead atoms. The summed E-state index contributed by atoms with van der Waals surface area (Å²) in [7, 11) is 0. The molecule has 0 atom stereocenters. The molecule has 0 radical (unpaired) electrons. The molecule has 0 saturated carbocycles.